The fourth-order valence-corrected chi connectivity index (χ4v) is 12.3. The first-order chi connectivity index (χ1) is 13.8. The van der Waals surface area contributed by atoms with E-state index >= 15 is 0 Å². The Morgan fingerprint density at radius 3 is 2.66 bits per heavy atom. The summed E-state index contributed by atoms with van der Waals surface area (Å²) in [5.74, 6) is 3.18. The molecule has 0 aliphatic heterocycles. The quantitative estimate of drug-likeness (QED) is 0.635. The summed E-state index contributed by atoms with van der Waals surface area (Å²) in [7, 11) is 1.71. The zero-order chi connectivity index (χ0) is 20.0. The lowest BCUT2D eigenvalue weighted by Gasteiger charge is -2.60. The molecule has 11 atom stereocenters. The third kappa shape index (κ3) is 1.51. The minimum Gasteiger partial charge on any atom is -0.512 e. The first kappa shape index (κ1) is 18.1. The van der Waals surface area contributed by atoms with Gasteiger partial charge >= 0.3 is 0 Å². The van der Waals surface area contributed by atoms with Crippen LogP contribution in [0.15, 0.2) is 11.8 Å². The van der Waals surface area contributed by atoms with Crippen LogP contribution in [0.4, 0.5) is 0 Å². The average molecular weight is 399 g/mol. The molecule has 160 valence electrons. The van der Waals surface area contributed by atoms with E-state index in [1.165, 1.54) is 57.8 Å². The monoisotopic (exact) mass is 398 g/mol. The van der Waals surface area contributed by atoms with Gasteiger partial charge in [-0.3, -0.25) is 0 Å². The van der Waals surface area contributed by atoms with Crippen molar-refractivity contribution in [2.75, 3.05) is 7.11 Å². The van der Waals surface area contributed by atoms with Crippen molar-refractivity contribution in [3.8, 4) is 0 Å². The molecule has 6 saturated carbocycles. The van der Waals surface area contributed by atoms with Crippen LogP contribution < -0.4 is 0 Å². The van der Waals surface area contributed by atoms with Crippen LogP contribution in [0, 0.1) is 51.2 Å². The van der Waals surface area contributed by atoms with Gasteiger partial charge in [-0.1, -0.05) is 20.3 Å². The number of methoxy groups -OCH3 is 1. The van der Waals surface area contributed by atoms with Crippen molar-refractivity contribution in [3.05, 3.63) is 11.8 Å². The zero-order valence-electron chi connectivity index (χ0n) is 18.4. The molecule has 6 bridgehead atoms. The Balaban J connectivity index is 1.44. The average Bonchev–Trinajstić information content (AvgIpc) is 3.38. The van der Waals surface area contributed by atoms with Gasteiger partial charge in [-0.2, -0.15) is 0 Å². The summed E-state index contributed by atoms with van der Waals surface area (Å²) in [5.41, 5.74) is -0.0632. The van der Waals surface area contributed by atoms with Gasteiger partial charge in [-0.15, -0.1) is 0 Å². The maximum Gasteiger partial charge on any atom is 0.110 e. The Morgan fingerprint density at radius 1 is 1.07 bits per heavy atom. The molecular weight excluding hydrogens is 360 g/mol. The maximum atomic E-state index is 12.4. The molecule has 29 heavy (non-hydrogen) atoms. The number of aliphatic hydroxyl groups excluding tert-OH is 1. The van der Waals surface area contributed by atoms with E-state index in [0.29, 0.717) is 28.4 Å². The summed E-state index contributed by atoms with van der Waals surface area (Å²) < 4.78 is 5.83. The first-order valence-corrected chi connectivity index (χ1v) is 12.4. The van der Waals surface area contributed by atoms with E-state index in [1.54, 1.807) is 7.11 Å². The van der Waals surface area contributed by atoms with Gasteiger partial charge in [0.2, 0.25) is 0 Å². The molecule has 0 amide bonds. The lowest BCUT2D eigenvalue weighted by atomic mass is 9.44. The molecule has 6 fully saturated rings. The number of rotatable bonds is 1. The van der Waals surface area contributed by atoms with Crippen molar-refractivity contribution in [2.24, 2.45) is 51.2 Å². The normalized spacial score (nSPS) is 66.4. The van der Waals surface area contributed by atoms with Gasteiger partial charge in [0.1, 0.15) is 11.7 Å². The molecule has 3 heteroatoms. The summed E-state index contributed by atoms with van der Waals surface area (Å²) in [6.45, 7) is 4.98. The molecule has 0 heterocycles. The molecule has 3 nitrogen and oxygen atoms in total. The first-order valence-electron chi connectivity index (χ1n) is 12.4. The molecule has 0 aromatic carbocycles. The van der Waals surface area contributed by atoms with Gasteiger partial charge in [0.15, 0.2) is 0 Å². The number of aliphatic hydroxyl groups is 2. The molecule has 2 spiro atoms. The van der Waals surface area contributed by atoms with Crippen LogP contribution in [0.1, 0.15) is 78.1 Å². The van der Waals surface area contributed by atoms with E-state index < -0.39 is 5.60 Å². The second-order valence-corrected chi connectivity index (χ2v) is 12.9. The molecule has 0 aromatic heterocycles. The highest BCUT2D eigenvalue weighted by atomic mass is 16.5. The number of fused-ring (bicyclic) bond motifs is 2. The Labute approximate surface area is 175 Å². The van der Waals surface area contributed by atoms with Crippen molar-refractivity contribution < 1.29 is 14.9 Å². The van der Waals surface area contributed by atoms with Crippen LogP contribution in [0.2, 0.25) is 0 Å². The van der Waals surface area contributed by atoms with Crippen LogP contribution >= 0.6 is 0 Å². The Hall–Kier alpha value is -0.540. The van der Waals surface area contributed by atoms with Crippen LogP contribution in [-0.2, 0) is 4.74 Å². The number of hydrogen-bond donors (Lipinski definition) is 2. The van der Waals surface area contributed by atoms with Gasteiger partial charge in [0, 0.05) is 12.5 Å². The van der Waals surface area contributed by atoms with Crippen LogP contribution in [0.25, 0.3) is 0 Å². The van der Waals surface area contributed by atoms with Gasteiger partial charge in [0.05, 0.1) is 11.7 Å². The topological polar surface area (TPSA) is 49.7 Å². The number of hydrogen-bond acceptors (Lipinski definition) is 3. The predicted molar refractivity (Wildman–Crippen MR) is 111 cm³/mol. The SMILES string of the molecule is CO[C@@H]1C=C(O)[C@@H]2[C@@H]3[C@H]4C[C@H]5CC[C@@H]6CCC[C@]67CC[C@]5(C7)[C@]3(C)[C@](C)(C4)[C@]21O. The number of ether oxygens (including phenoxy) is 1. The standard InChI is InChI=1S/C26H38O3/c1-22-13-15-11-17-7-6-16-5-4-8-24(16)9-10-25(17,14-24)23(22,2)20(15)21-18(27)12-19(29-3)26(21,22)28/h12,15-17,19-21,27-28H,4-11,13-14H2,1-3H3/t15-,16-,17+,19+,20-,21+,22-,23-,24+,25+,26+/m0/s1. The smallest absolute Gasteiger partial charge is 0.110 e. The minimum absolute atomic E-state index is 0.104. The van der Waals surface area contributed by atoms with E-state index in [9.17, 15) is 10.2 Å². The molecule has 7 aliphatic carbocycles. The van der Waals surface area contributed by atoms with Crippen molar-refractivity contribution in [3.63, 3.8) is 0 Å². The van der Waals surface area contributed by atoms with Crippen LogP contribution in [0.3, 0.4) is 0 Å². The van der Waals surface area contributed by atoms with E-state index in [-0.39, 0.29) is 22.9 Å². The highest BCUT2D eigenvalue weighted by Crippen LogP contribution is 2.89. The van der Waals surface area contributed by atoms with E-state index in [1.807, 2.05) is 6.08 Å². The summed E-state index contributed by atoms with van der Waals surface area (Å²) in [6.07, 6.45) is 15.4. The second-order valence-electron chi connectivity index (χ2n) is 12.9. The summed E-state index contributed by atoms with van der Waals surface area (Å²) in [6, 6.07) is 0. The third-order valence-electron chi connectivity index (χ3n) is 13.1. The predicted octanol–water partition coefficient (Wildman–Crippen LogP) is 5.24. The van der Waals surface area contributed by atoms with Gasteiger partial charge < -0.3 is 14.9 Å². The lowest BCUT2D eigenvalue weighted by molar-refractivity contribution is -0.185. The fourth-order valence-electron chi connectivity index (χ4n) is 12.3. The van der Waals surface area contributed by atoms with Crippen molar-refractivity contribution in [2.45, 2.75) is 89.8 Å². The largest absolute Gasteiger partial charge is 0.512 e. The molecular formula is C26H38O3. The zero-order valence-corrected chi connectivity index (χ0v) is 18.4. The Bertz CT molecular complexity index is 821. The van der Waals surface area contributed by atoms with E-state index in [2.05, 4.69) is 13.8 Å². The lowest BCUT2D eigenvalue weighted by Crippen LogP contribution is -2.59. The third-order valence-corrected chi connectivity index (χ3v) is 13.1. The molecule has 0 unspecified atom stereocenters. The molecule has 0 saturated heterocycles. The van der Waals surface area contributed by atoms with Gasteiger partial charge in [-0.05, 0) is 104 Å². The summed E-state index contributed by atoms with van der Waals surface area (Å²) in [4.78, 5) is 0. The van der Waals surface area contributed by atoms with Gasteiger partial charge in [-0.25, -0.2) is 0 Å². The van der Waals surface area contributed by atoms with Crippen molar-refractivity contribution in [1.82, 2.24) is 0 Å². The highest BCUT2D eigenvalue weighted by molar-refractivity contribution is 5.41. The maximum absolute atomic E-state index is 12.4. The molecule has 0 radical (unpaired) electrons. The minimum atomic E-state index is -0.942. The Morgan fingerprint density at radius 2 is 1.86 bits per heavy atom. The summed E-state index contributed by atoms with van der Waals surface area (Å²) in [5, 5.41) is 23.4. The van der Waals surface area contributed by atoms with Gasteiger partial charge in [0.25, 0.3) is 0 Å². The second kappa shape index (κ2) is 4.93. The van der Waals surface area contributed by atoms with Crippen LogP contribution in [-0.4, -0.2) is 29.0 Å². The molecule has 0 aromatic rings. The molecule has 2 N–H and O–H groups in total. The van der Waals surface area contributed by atoms with Crippen molar-refractivity contribution in [1.29, 1.82) is 0 Å². The highest BCUT2D eigenvalue weighted by Gasteiger charge is 2.88. The van der Waals surface area contributed by atoms with E-state index in [4.69, 9.17) is 4.74 Å². The summed E-state index contributed by atoms with van der Waals surface area (Å²) >= 11 is 0. The fraction of sp³-hybridized carbons (Fsp3) is 0.923. The van der Waals surface area contributed by atoms with E-state index in [0.717, 1.165) is 18.3 Å². The molecule has 7 rings (SSSR count). The Kier molecular flexibility index (Phi) is 3.07. The van der Waals surface area contributed by atoms with Crippen LogP contribution in [0.5, 0.6) is 0 Å². The molecule has 7 aliphatic rings. The van der Waals surface area contributed by atoms with Crippen molar-refractivity contribution >= 4 is 0 Å².